The molecule has 0 amide bonds. The van der Waals surface area contributed by atoms with Crippen molar-refractivity contribution in [2.45, 2.75) is 22.4 Å². The van der Waals surface area contributed by atoms with Gasteiger partial charge in [-0.25, -0.2) is 16.8 Å². The standard InChI is InChI=1S/C6H10O5S2/c1-12(7,8)6-5-4(2-3-11-5)13(6,9)10/h4-6H,2-3H2,1H3/t4-,5-,6-/m0/s1. The van der Waals surface area contributed by atoms with Crippen LogP contribution >= 0.6 is 0 Å². The van der Waals surface area contributed by atoms with Gasteiger partial charge in [0.2, 0.25) is 0 Å². The lowest BCUT2D eigenvalue weighted by Crippen LogP contribution is -2.60. The lowest BCUT2D eigenvalue weighted by Gasteiger charge is -2.36. The fourth-order valence-electron chi connectivity index (χ4n) is 1.95. The van der Waals surface area contributed by atoms with E-state index in [2.05, 4.69) is 0 Å². The van der Waals surface area contributed by atoms with E-state index >= 15 is 0 Å². The van der Waals surface area contributed by atoms with Gasteiger partial charge in [0, 0.05) is 12.9 Å². The van der Waals surface area contributed by atoms with E-state index in [1.807, 2.05) is 0 Å². The molecule has 0 aromatic heterocycles. The predicted molar refractivity (Wildman–Crippen MR) is 45.7 cm³/mol. The average molecular weight is 226 g/mol. The van der Waals surface area contributed by atoms with Gasteiger partial charge in [-0.05, 0) is 6.42 Å². The second-order valence-corrected chi connectivity index (χ2v) is 8.21. The van der Waals surface area contributed by atoms with Crippen LogP contribution in [0.5, 0.6) is 0 Å². The first-order valence-corrected chi connectivity index (χ1v) is 7.45. The Kier molecular flexibility index (Phi) is 1.78. The topological polar surface area (TPSA) is 77.5 Å². The molecule has 2 saturated heterocycles. The molecule has 0 aromatic rings. The molecule has 0 spiro atoms. The quantitative estimate of drug-likeness (QED) is 0.569. The van der Waals surface area contributed by atoms with Gasteiger partial charge < -0.3 is 4.74 Å². The molecule has 5 nitrogen and oxygen atoms in total. The Labute approximate surface area is 76.9 Å². The Morgan fingerprint density at radius 3 is 2.54 bits per heavy atom. The van der Waals surface area contributed by atoms with Gasteiger partial charge in [0.1, 0.15) is 6.10 Å². The van der Waals surface area contributed by atoms with Crippen LogP contribution in [0.15, 0.2) is 0 Å². The normalized spacial score (nSPS) is 42.4. The van der Waals surface area contributed by atoms with E-state index in [1.54, 1.807) is 0 Å². The second-order valence-electron chi connectivity index (χ2n) is 3.45. The fraction of sp³-hybridized carbons (Fsp3) is 1.00. The molecule has 2 rings (SSSR count). The summed E-state index contributed by atoms with van der Waals surface area (Å²) in [6.45, 7) is 0.348. The number of rotatable bonds is 1. The van der Waals surface area contributed by atoms with Crippen molar-refractivity contribution in [3.63, 3.8) is 0 Å². The Morgan fingerprint density at radius 2 is 2.00 bits per heavy atom. The van der Waals surface area contributed by atoms with E-state index in [-0.39, 0.29) is 0 Å². The lowest BCUT2D eigenvalue weighted by molar-refractivity contribution is 0.111. The zero-order valence-electron chi connectivity index (χ0n) is 7.00. The molecule has 0 aromatic carbocycles. The number of sulfone groups is 2. The maximum Gasteiger partial charge on any atom is 0.190 e. The largest absolute Gasteiger partial charge is 0.374 e. The molecule has 2 aliphatic rings. The minimum absolute atomic E-state index is 0.348. The molecule has 2 heterocycles. The smallest absolute Gasteiger partial charge is 0.190 e. The maximum absolute atomic E-state index is 11.4. The molecule has 2 aliphatic heterocycles. The van der Waals surface area contributed by atoms with E-state index < -0.39 is 35.6 Å². The maximum atomic E-state index is 11.4. The summed E-state index contributed by atoms with van der Waals surface area (Å²) in [6, 6.07) is 0. The molecule has 2 fully saturated rings. The van der Waals surface area contributed by atoms with Gasteiger partial charge in [-0.15, -0.1) is 0 Å². The zero-order chi connectivity index (χ0) is 9.85. The van der Waals surface area contributed by atoms with Gasteiger partial charge in [0.25, 0.3) is 0 Å². The van der Waals surface area contributed by atoms with Crippen LogP contribution in [-0.2, 0) is 24.4 Å². The number of hydrogen-bond acceptors (Lipinski definition) is 5. The fourth-order valence-corrected chi connectivity index (χ4v) is 6.93. The van der Waals surface area contributed by atoms with Crippen LogP contribution in [0.2, 0.25) is 0 Å². The molecule has 0 radical (unpaired) electrons. The monoisotopic (exact) mass is 226 g/mol. The number of fused-ring (bicyclic) bond motifs is 1. The Morgan fingerprint density at radius 1 is 1.38 bits per heavy atom. The molecule has 0 aliphatic carbocycles. The van der Waals surface area contributed by atoms with Crippen LogP contribution in [0.3, 0.4) is 0 Å². The molecule has 0 bridgehead atoms. The Hall–Kier alpha value is -0.140. The highest BCUT2D eigenvalue weighted by Gasteiger charge is 2.63. The Bertz CT molecular complexity index is 420. The predicted octanol–water partition coefficient (Wildman–Crippen LogP) is -1.06. The van der Waals surface area contributed by atoms with E-state index in [4.69, 9.17) is 4.74 Å². The summed E-state index contributed by atoms with van der Waals surface area (Å²) in [5, 5.41) is -0.577. The van der Waals surface area contributed by atoms with Crippen LogP contribution in [-0.4, -0.2) is 45.6 Å². The first kappa shape index (κ1) is 9.42. The molecule has 0 N–H and O–H groups in total. The van der Waals surface area contributed by atoms with Crippen molar-refractivity contribution in [2.75, 3.05) is 12.9 Å². The number of hydrogen-bond donors (Lipinski definition) is 0. The van der Waals surface area contributed by atoms with E-state index in [1.165, 1.54) is 0 Å². The summed E-state index contributed by atoms with van der Waals surface area (Å²) in [6.07, 6.45) is 0.756. The van der Waals surface area contributed by atoms with Crippen LogP contribution in [0.25, 0.3) is 0 Å². The second kappa shape index (κ2) is 2.46. The SMILES string of the molecule is CS(=O)(=O)[C@@H]1[C@H]2OCC[C@@H]2S1(=O)=O. The molecule has 7 heteroatoms. The van der Waals surface area contributed by atoms with Crippen molar-refractivity contribution in [1.29, 1.82) is 0 Å². The third-order valence-electron chi connectivity index (χ3n) is 2.52. The van der Waals surface area contributed by atoms with Crippen molar-refractivity contribution >= 4 is 19.7 Å². The van der Waals surface area contributed by atoms with Crippen molar-refractivity contribution < 1.29 is 21.6 Å². The summed E-state index contributed by atoms with van der Waals surface area (Å²) in [7, 11) is -7.01. The van der Waals surface area contributed by atoms with Crippen LogP contribution < -0.4 is 0 Å². The van der Waals surface area contributed by atoms with Crippen LogP contribution in [0.4, 0.5) is 0 Å². The minimum Gasteiger partial charge on any atom is -0.374 e. The minimum atomic E-state index is -3.54. The summed E-state index contributed by atoms with van der Waals surface area (Å²) in [5.41, 5.74) is 0. The van der Waals surface area contributed by atoms with Gasteiger partial charge in [-0.3, -0.25) is 0 Å². The number of ether oxygens (including phenoxy) is 1. The molecular formula is C6H10O5S2. The lowest BCUT2D eigenvalue weighted by atomic mass is 10.2. The van der Waals surface area contributed by atoms with Gasteiger partial charge >= 0.3 is 0 Å². The van der Waals surface area contributed by atoms with E-state index in [9.17, 15) is 16.8 Å². The van der Waals surface area contributed by atoms with Crippen LogP contribution in [0.1, 0.15) is 6.42 Å². The van der Waals surface area contributed by atoms with Crippen molar-refractivity contribution in [3.05, 3.63) is 0 Å². The zero-order valence-corrected chi connectivity index (χ0v) is 8.64. The third-order valence-corrected chi connectivity index (χ3v) is 7.74. The molecular weight excluding hydrogens is 216 g/mol. The first-order valence-electron chi connectivity index (χ1n) is 3.88. The summed E-state index contributed by atoms with van der Waals surface area (Å²) in [5.74, 6) is 0. The summed E-state index contributed by atoms with van der Waals surface area (Å²) >= 11 is 0. The highest BCUT2D eigenvalue weighted by molar-refractivity contribution is 8.10. The van der Waals surface area contributed by atoms with Crippen molar-refractivity contribution in [3.8, 4) is 0 Å². The average Bonchev–Trinajstić information content (AvgIpc) is 2.28. The molecule has 13 heavy (non-hydrogen) atoms. The summed E-state index contributed by atoms with van der Waals surface area (Å²) in [4.78, 5) is 0. The van der Waals surface area contributed by atoms with Gasteiger partial charge in [0.05, 0.1) is 5.25 Å². The van der Waals surface area contributed by atoms with Crippen LogP contribution in [0, 0.1) is 0 Å². The van der Waals surface area contributed by atoms with Gasteiger partial charge in [-0.1, -0.05) is 0 Å². The molecule has 3 atom stereocenters. The first-order chi connectivity index (χ1) is 5.85. The summed E-state index contributed by atoms with van der Waals surface area (Å²) < 4.78 is 48.8. The van der Waals surface area contributed by atoms with Gasteiger partial charge in [0.15, 0.2) is 24.3 Å². The van der Waals surface area contributed by atoms with Crippen molar-refractivity contribution in [2.24, 2.45) is 0 Å². The molecule has 76 valence electrons. The van der Waals surface area contributed by atoms with E-state index in [0.717, 1.165) is 6.26 Å². The highest BCUT2D eigenvalue weighted by Crippen LogP contribution is 2.41. The Balaban J connectivity index is 2.43. The van der Waals surface area contributed by atoms with E-state index in [0.29, 0.717) is 13.0 Å². The third kappa shape index (κ3) is 1.14. The van der Waals surface area contributed by atoms with Gasteiger partial charge in [-0.2, -0.15) is 0 Å². The molecule has 0 unspecified atom stereocenters. The highest BCUT2D eigenvalue weighted by atomic mass is 32.3. The molecule has 0 saturated carbocycles. The van der Waals surface area contributed by atoms with Crippen molar-refractivity contribution in [1.82, 2.24) is 0 Å².